The molecule has 1 amide bonds. The largest absolute Gasteiger partial charge is 0.495 e. The smallest absolute Gasteiger partial charge is 0.264 e. The molecule has 3 aromatic rings. The molecule has 6 nitrogen and oxygen atoms in total. The second-order valence-corrected chi connectivity index (χ2v) is 7.96. The minimum absolute atomic E-state index is 0.204. The van der Waals surface area contributed by atoms with Crippen molar-refractivity contribution in [2.24, 2.45) is 0 Å². The van der Waals surface area contributed by atoms with E-state index in [4.69, 9.17) is 4.74 Å². The molecule has 1 N–H and O–H groups in total. The number of carbonyl (C=O) groups excluding carboxylic acids is 1. The van der Waals surface area contributed by atoms with Crippen LogP contribution in [-0.2, 0) is 10.0 Å². The first-order chi connectivity index (χ1) is 13.4. The maximum atomic E-state index is 12.7. The second kappa shape index (κ2) is 8.14. The number of ether oxygens (including phenoxy) is 1. The second-order valence-electron chi connectivity index (χ2n) is 5.99. The summed E-state index contributed by atoms with van der Waals surface area (Å²) >= 11 is 0. The van der Waals surface area contributed by atoms with E-state index in [0.717, 1.165) is 0 Å². The van der Waals surface area contributed by atoms with Crippen LogP contribution in [0.15, 0.2) is 83.8 Å². The van der Waals surface area contributed by atoms with Gasteiger partial charge in [0.2, 0.25) is 0 Å². The Balaban J connectivity index is 1.78. The number of methoxy groups -OCH3 is 1. The number of para-hydroxylation sites is 2. The standard InChI is InChI=1S/C21H20N2O4S/c1-23(28(25,26)18-8-4-3-5-9-18)17-14-12-16(13-15-17)21(24)22-19-10-6-7-11-20(19)27-2/h3-15H,1-2H3,(H,22,24). The number of hydrogen-bond donors (Lipinski definition) is 1. The Morgan fingerprint density at radius 2 is 1.50 bits per heavy atom. The summed E-state index contributed by atoms with van der Waals surface area (Å²) in [6.07, 6.45) is 0. The lowest BCUT2D eigenvalue weighted by Gasteiger charge is -2.19. The molecule has 0 aliphatic heterocycles. The first-order valence-corrected chi connectivity index (χ1v) is 9.96. The van der Waals surface area contributed by atoms with Gasteiger partial charge in [0.25, 0.3) is 15.9 Å². The molecule has 28 heavy (non-hydrogen) atoms. The SMILES string of the molecule is COc1ccccc1NC(=O)c1ccc(N(C)S(=O)(=O)c2ccccc2)cc1. The highest BCUT2D eigenvalue weighted by atomic mass is 32.2. The summed E-state index contributed by atoms with van der Waals surface area (Å²) in [6.45, 7) is 0. The molecule has 0 fully saturated rings. The maximum Gasteiger partial charge on any atom is 0.264 e. The van der Waals surface area contributed by atoms with Crippen LogP contribution in [0.2, 0.25) is 0 Å². The fourth-order valence-corrected chi connectivity index (χ4v) is 3.87. The molecule has 0 aliphatic rings. The monoisotopic (exact) mass is 396 g/mol. The summed E-state index contributed by atoms with van der Waals surface area (Å²) in [5.74, 6) is 0.241. The molecule has 0 saturated carbocycles. The summed E-state index contributed by atoms with van der Waals surface area (Å²) in [4.78, 5) is 12.7. The van der Waals surface area contributed by atoms with E-state index in [1.807, 2.05) is 6.07 Å². The lowest BCUT2D eigenvalue weighted by atomic mass is 10.2. The molecule has 0 radical (unpaired) electrons. The molecule has 0 bridgehead atoms. The van der Waals surface area contributed by atoms with Gasteiger partial charge in [0.15, 0.2) is 0 Å². The molecule has 0 unspecified atom stereocenters. The van der Waals surface area contributed by atoms with Gasteiger partial charge in [0.05, 0.1) is 23.4 Å². The Morgan fingerprint density at radius 1 is 0.893 bits per heavy atom. The molecule has 0 aromatic heterocycles. The van der Waals surface area contributed by atoms with Crippen LogP contribution in [0.5, 0.6) is 5.75 Å². The summed E-state index contributed by atoms with van der Waals surface area (Å²) < 4.78 is 31.8. The van der Waals surface area contributed by atoms with E-state index >= 15 is 0 Å². The number of nitrogens with zero attached hydrogens (tertiary/aromatic N) is 1. The van der Waals surface area contributed by atoms with Gasteiger partial charge in [-0.2, -0.15) is 0 Å². The van der Waals surface area contributed by atoms with Gasteiger partial charge in [0, 0.05) is 12.6 Å². The summed E-state index contributed by atoms with van der Waals surface area (Å²) in [5.41, 5.74) is 1.42. The van der Waals surface area contributed by atoms with Crippen LogP contribution in [0, 0.1) is 0 Å². The molecular formula is C21H20N2O4S. The Bertz CT molecular complexity index is 1070. The lowest BCUT2D eigenvalue weighted by Crippen LogP contribution is -2.26. The van der Waals surface area contributed by atoms with E-state index in [-0.39, 0.29) is 10.8 Å². The van der Waals surface area contributed by atoms with Gasteiger partial charge < -0.3 is 10.1 Å². The number of hydrogen-bond acceptors (Lipinski definition) is 4. The number of carbonyl (C=O) groups is 1. The number of rotatable bonds is 6. The van der Waals surface area contributed by atoms with Crippen molar-refractivity contribution in [3.8, 4) is 5.75 Å². The first-order valence-electron chi connectivity index (χ1n) is 8.52. The zero-order chi connectivity index (χ0) is 20.1. The first kappa shape index (κ1) is 19.4. The third-order valence-corrected chi connectivity index (χ3v) is 6.05. The molecule has 3 rings (SSSR count). The average molecular weight is 396 g/mol. The minimum Gasteiger partial charge on any atom is -0.495 e. The van der Waals surface area contributed by atoms with Crippen molar-refractivity contribution in [2.75, 3.05) is 23.8 Å². The van der Waals surface area contributed by atoms with Crippen molar-refractivity contribution >= 4 is 27.3 Å². The number of nitrogens with one attached hydrogen (secondary N) is 1. The zero-order valence-electron chi connectivity index (χ0n) is 15.5. The molecule has 0 atom stereocenters. The Hall–Kier alpha value is -3.32. The third-order valence-electron chi connectivity index (χ3n) is 4.25. The van der Waals surface area contributed by atoms with E-state index in [1.165, 1.54) is 18.5 Å². The lowest BCUT2D eigenvalue weighted by molar-refractivity contribution is 0.102. The van der Waals surface area contributed by atoms with Crippen LogP contribution in [0.4, 0.5) is 11.4 Å². The summed E-state index contributed by atoms with van der Waals surface area (Å²) in [7, 11) is -0.657. The predicted molar refractivity (Wildman–Crippen MR) is 109 cm³/mol. The van der Waals surface area contributed by atoms with E-state index < -0.39 is 10.0 Å². The Kier molecular flexibility index (Phi) is 5.65. The van der Waals surface area contributed by atoms with Gasteiger partial charge in [0.1, 0.15) is 5.75 Å². The van der Waals surface area contributed by atoms with Crippen LogP contribution >= 0.6 is 0 Å². The Morgan fingerprint density at radius 3 is 2.14 bits per heavy atom. The molecule has 144 valence electrons. The average Bonchev–Trinajstić information content (AvgIpc) is 2.74. The normalized spacial score (nSPS) is 10.9. The van der Waals surface area contributed by atoms with Crippen LogP contribution < -0.4 is 14.4 Å². The summed E-state index contributed by atoms with van der Waals surface area (Å²) in [5, 5.41) is 2.79. The maximum absolute atomic E-state index is 12.7. The summed E-state index contributed by atoms with van der Waals surface area (Å²) in [6, 6.07) is 21.6. The van der Waals surface area contributed by atoms with Gasteiger partial charge in [-0.05, 0) is 48.5 Å². The van der Waals surface area contributed by atoms with Crippen molar-refractivity contribution in [1.29, 1.82) is 0 Å². The molecule has 0 heterocycles. The van der Waals surface area contributed by atoms with Crippen LogP contribution in [-0.4, -0.2) is 28.5 Å². The van der Waals surface area contributed by atoms with Crippen LogP contribution in [0.3, 0.4) is 0 Å². The topological polar surface area (TPSA) is 75.7 Å². The number of sulfonamides is 1. The third kappa shape index (κ3) is 3.99. The quantitative estimate of drug-likeness (QED) is 0.688. The highest BCUT2D eigenvalue weighted by Gasteiger charge is 2.21. The van der Waals surface area contributed by atoms with Crippen molar-refractivity contribution < 1.29 is 17.9 Å². The fourth-order valence-electron chi connectivity index (χ4n) is 2.65. The van der Waals surface area contributed by atoms with E-state index in [9.17, 15) is 13.2 Å². The highest BCUT2D eigenvalue weighted by Crippen LogP contribution is 2.25. The van der Waals surface area contributed by atoms with Crippen molar-refractivity contribution in [3.05, 3.63) is 84.4 Å². The molecular weight excluding hydrogens is 376 g/mol. The van der Waals surface area contributed by atoms with E-state index in [0.29, 0.717) is 22.7 Å². The predicted octanol–water partition coefficient (Wildman–Crippen LogP) is 3.77. The van der Waals surface area contributed by atoms with E-state index in [2.05, 4.69) is 5.32 Å². The van der Waals surface area contributed by atoms with Crippen LogP contribution in [0.1, 0.15) is 10.4 Å². The van der Waals surface area contributed by atoms with E-state index in [1.54, 1.807) is 72.8 Å². The van der Waals surface area contributed by atoms with Crippen molar-refractivity contribution in [1.82, 2.24) is 0 Å². The fraction of sp³-hybridized carbons (Fsp3) is 0.0952. The number of benzene rings is 3. The zero-order valence-corrected chi connectivity index (χ0v) is 16.3. The minimum atomic E-state index is -3.67. The van der Waals surface area contributed by atoms with Crippen molar-refractivity contribution in [2.45, 2.75) is 4.90 Å². The molecule has 0 aliphatic carbocycles. The van der Waals surface area contributed by atoms with Gasteiger partial charge in [-0.15, -0.1) is 0 Å². The van der Waals surface area contributed by atoms with Gasteiger partial charge in [-0.3, -0.25) is 9.10 Å². The van der Waals surface area contributed by atoms with Gasteiger partial charge in [-0.1, -0.05) is 30.3 Å². The van der Waals surface area contributed by atoms with Gasteiger partial charge >= 0.3 is 0 Å². The Labute approximate surface area is 164 Å². The molecule has 3 aromatic carbocycles. The van der Waals surface area contributed by atoms with Crippen LogP contribution in [0.25, 0.3) is 0 Å². The molecule has 0 spiro atoms. The van der Waals surface area contributed by atoms with Crippen molar-refractivity contribution in [3.63, 3.8) is 0 Å². The molecule has 7 heteroatoms. The number of amides is 1. The number of anilines is 2. The van der Waals surface area contributed by atoms with Gasteiger partial charge in [-0.25, -0.2) is 8.42 Å². The highest BCUT2D eigenvalue weighted by molar-refractivity contribution is 7.92. The molecule has 0 saturated heterocycles.